The molecule has 1 heterocycles. The maximum absolute atomic E-state index is 11.5. The van der Waals surface area contributed by atoms with Gasteiger partial charge in [-0.15, -0.1) is 0 Å². The van der Waals surface area contributed by atoms with Gasteiger partial charge in [-0.1, -0.05) is 0 Å². The Hall–Kier alpha value is -1.65. The van der Waals surface area contributed by atoms with Crippen LogP contribution in [0.4, 0.5) is 0 Å². The number of nitriles is 1. The largest absolute Gasteiger partial charge is 0.481 e. The Morgan fingerprint density at radius 3 is 2.42 bits per heavy atom. The van der Waals surface area contributed by atoms with E-state index in [9.17, 15) is 9.59 Å². The highest BCUT2D eigenvalue weighted by molar-refractivity contribution is 5.78. The lowest BCUT2D eigenvalue weighted by molar-refractivity contribution is -0.137. The van der Waals surface area contributed by atoms with Gasteiger partial charge in [-0.2, -0.15) is 5.26 Å². The highest BCUT2D eigenvalue weighted by atomic mass is 16.4. The Balaban J connectivity index is 2.14. The van der Waals surface area contributed by atoms with Gasteiger partial charge in [0.2, 0.25) is 5.91 Å². The molecule has 2 N–H and O–H groups in total. The van der Waals surface area contributed by atoms with Crippen molar-refractivity contribution < 1.29 is 14.7 Å². The van der Waals surface area contributed by atoms with E-state index in [0.717, 1.165) is 26.2 Å². The van der Waals surface area contributed by atoms with Crippen LogP contribution < -0.4 is 5.32 Å². The second kappa shape index (κ2) is 8.45. The smallest absolute Gasteiger partial charge is 0.304 e. The highest BCUT2D eigenvalue weighted by Gasteiger charge is 2.18. The molecule has 7 heteroatoms. The van der Waals surface area contributed by atoms with E-state index in [4.69, 9.17) is 10.4 Å². The highest BCUT2D eigenvalue weighted by Crippen LogP contribution is 2.02. The molecule has 1 fully saturated rings. The third kappa shape index (κ3) is 6.74. The van der Waals surface area contributed by atoms with Gasteiger partial charge in [0.25, 0.3) is 0 Å². The van der Waals surface area contributed by atoms with E-state index in [1.54, 1.807) is 0 Å². The molecule has 1 saturated heterocycles. The van der Waals surface area contributed by atoms with Gasteiger partial charge in [0, 0.05) is 39.3 Å². The first-order valence-corrected chi connectivity index (χ1v) is 6.42. The van der Waals surface area contributed by atoms with Crippen molar-refractivity contribution in [3.8, 4) is 6.07 Å². The van der Waals surface area contributed by atoms with Crippen LogP contribution in [0.1, 0.15) is 12.8 Å². The predicted molar refractivity (Wildman–Crippen MR) is 68.4 cm³/mol. The monoisotopic (exact) mass is 268 g/mol. The van der Waals surface area contributed by atoms with Crippen LogP contribution in [0.25, 0.3) is 0 Å². The fourth-order valence-electron chi connectivity index (χ4n) is 1.94. The third-order valence-electron chi connectivity index (χ3n) is 3.03. The number of carbonyl (C=O) groups excluding carboxylic acids is 1. The zero-order valence-electron chi connectivity index (χ0n) is 11.0. The van der Waals surface area contributed by atoms with Crippen molar-refractivity contribution in [2.45, 2.75) is 12.8 Å². The molecule has 7 nitrogen and oxygen atoms in total. The average molecular weight is 268 g/mol. The van der Waals surface area contributed by atoms with Crippen LogP contribution in [0.15, 0.2) is 0 Å². The minimum Gasteiger partial charge on any atom is -0.481 e. The summed E-state index contributed by atoms with van der Waals surface area (Å²) in [6, 6.07) is 1.97. The summed E-state index contributed by atoms with van der Waals surface area (Å²) in [5.41, 5.74) is 0. The summed E-state index contributed by atoms with van der Waals surface area (Å²) >= 11 is 0. The molecule has 1 amide bonds. The molecular formula is C12H20N4O3. The first-order chi connectivity index (χ1) is 9.11. The fourth-order valence-corrected chi connectivity index (χ4v) is 1.94. The van der Waals surface area contributed by atoms with Crippen molar-refractivity contribution in [3.05, 3.63) is 0 Å². The molecule has 1 rings (SSSR count). The van der Waals surface area contributed by atoms with Crippen LogP contribution in [0.3, 0.4) is 0 Å². The zero-order valence-corrected chi connectivity index (χ0v) is 11.0. The van der Waals surface area contributed by atoms with E-state index in [0.29, 0.717) is 26.1 Å². The van der Waals surface area contributed by atoms with E-state index in [2.05, 4.69) is 10.2 Å². The van der Waals surface area contributed by atoms with Gasteiger partial charge in [-0.3, -0.25) is 14.5 Å². The number of piperazine rings is 1. The Bertz CT molecular complexity index is 345. The summed E-state index contributed by atoms with van der Waals surface area (Å²) in [5, 5.41) is 19.7. The van der Waals surface area contributed by atoms with E-state index in [1.165, 1.54) is 0 Å². The molecule has 0 aliphatic carbocycles. The van der Waals surface area contributed by atoms with Crippen molar-refractivity contribution in [1.29, 1.82) is 5.26 Å². The summed E-state index contributed by atoms with van der Waals surface area (Å²) < 4.78 is 0. The van der Waals surface area contributed by atoms with Gasteiger partial charge < -0.3 is 15.3 Å². The molecule has 0 bridgehead atoms. The summed E-state index contributed by atoms with van der Waals surface area (Å²) in [7, 11) is 0. The van der Waals surface area contributed by atoms with E-state index >= 15 is 0 Å². The summed E-state index contributed by atoms with van der Waals surface area (Å²) in [5.74, 6) is -0.839. The molecule has 0 spiro atoms. The van der Waals surface area contributed by atoms with E-state index < -0.39 is 5.97 Å². The number of rotatable bonds is 7. The topological polar surface area (TPSA) is 96.7 Å². The molecule has 0 aromatic heterocycles. The molecule has 0 aromatic carbocycles. The second-order valence-corrected chi connectivity index (χ2v) is 4.52. The second-order valence-electron chi connectivity index (χ2n) is 4.52. The number of carboxylic acids is 1. The molecule has 0 unspecified atom stereocenters. The third-order valence-corrected chi connectivity index (χ3v) is 3.03. The average Bonchev–Trinajstić information content (AvgIpc) is 2.38. The van der Waals surface area contributed by atoms with E-state index in [-0.39, 0.29) is 12.3 Å². The molecule has 106 valence electrons. The minimum atomic E-state index is -0.778. The van der Waals surface area contributed by atoms with Crippen LogP contribution in [0.5, 0.6) is 0 Å². The normalized spacial score (nSPS) is 16.8. The maximum atomic E-state index is 11.5. The Morgan fingerprint density at radius 2 is 1.84 bits per heavy atom. The molecular weight excluding hydrogens is 248 g/mol. The van der Waals surface area contributed by atoms with Gasteiger partial charge in [0.05, 0.1) is 25.5 Å². The Labute approximate surface area is 112 Å². The van der Waals surface area contributed by atoms with Gasteiger partial charge in [0.1, 0.15) is 0 Å². The maximum Gasteiger partial charge on any atom is 0.304 e. The SMILES string of the molecule is N#CCCNC(=O)CN1CCN(CCC(=O)O)CC1. The van der Waals surface area contributed by atoms with Crippen molar-refractivity contribution >= 4 is 11.9 Å². The van der Waals surface area contributed by atoms with E-state index in [1.807, 2.05) is 11.0 Å². The molecule has 1 aliphatic heterocycles. The number of nitrogens with zero attached hydrogens (tertiary/aromatic N) is 3. The summed E-state index contributed by atoms with van der Waals surface area (Å²) in [6.45, 7) is 4.43. The standard InChI is InChI=1S/C12H20N4O3/c13-3-1-4-14-11(17)10-16-8-6-15(7-9-16)5-2-12(18)19/h1-2,4-10H2,(H,14,17)(H,18,19). The predicted octanol–water partition coefficient (Wildman–Crippen LogP) is -0.891. The van der Waals surface area contributed by atoms with Gasteiger partial charge in [-0.25, -0.2) is 0 Å². The molecule has 0 aromatic rings. The van der Waals surface area contributed by atoms with Crippen LogP contribution in [0.2, 0.25) is 0 Å². The Morgan fingerprint density at radius 1 is 1.21 bits per heavy atom. The number of hydrogen-bond donors (Lipinski definition) is 2. The lowest BCUT2D eigenvalue weighted by Crippen LogP contribution is -2.49. The first-order valence-electron chi connectivity index (χ1n) is 6.42. The minimum absolute atomic E-state index is 0.0609. The van der Waals surface area contributed by atoms with Crippen molar-refractivity contribution in [1.82, 2.24) is 15.1 Å². The molecule has 0 atom stereocenters. The van der Waals surface area contributed by atoms with Crippen LogP contribution in [-0.4, -0.2) is 72.6 Å². The van der Waals surface area contributed by atoms with Gasteiger partial charge in [-0.05, 0) is 0 Å². The molecule has 1 aliphatic rings. The lowest BCUT2D eigenvalue weighted by atomic mass is 10.3. The number of carbonyl (C=O) groups is 2. The number of aliphatic carboxylic acids is 1. The van der Waals surface area contributed by atoms with Crippen molar-refractivity contribution in [2.75, 3.05) is 45.8 Å². The molecule has 0 radical (unpaired) electrons. The summed E-state index contributed by atoms with van der Waals surface area (Å²) in [6.07, 6.45) is 0.489. The zero-order chi connectivity index (χ0) is 14.1. The number of carboxylic acid groups (broad SMARTS) is 1. The van der Waals surface area contributed by atoms with Crippen LogP contribution >= 0.6 is 0 Å². The van der Waals surface area contributed by atoms with Gasteiger partial charge >= 0.3 is 5.97 Å². The first kappa shape index (κ1) is 15.4. The number of hydrogen-bond acceptors (Lipinski definition) is 5. The summed E-state index contributed by atoms with van der Waals surface area (Å²) in [4.78, 5) is 26.1. The molecule has 19 heavy (non-hydrogen) atoms. The Kier molecular flexibility index (Phi) is 6.85. The van der Waals surface area contributed by atoms with Crippen LogP contribution in [0, 0.1) is 11.3 Å². The van der Waals surface area contributed by atoms with Crippen molar-refractivity contribution in [2.24, 2.45) is 0 Å². The quantitative estimate of drug-likeness (QED) is 0.581. The van der Waals surface area contributed by atoms with Crippen molar-refractivity contribution in [3.63, 3.8) is 0 Å². The van der Waals surface area contributed by atoms with Crippen LogP contribution in [-0.2, 0) is 9.59 Å². The van der Waals surface area contributed by atoms with Gasteiger partial charge in [0.15, 0.2) is 0 Å². The lowest BCUT2D eigenvalue weighted by Gasteiger charge is -2.33. The fraction of sp³-hybridized carbons (Fsp3) is 0.750. The number of nitrogens with one attached hydrogen (secondary N) is 1. The molecule has 0 saturated carbocycles. The number of amides is 1.